The summed E-state index contributed by atoms with van der Waals surface area (Å²) in [5.41, 5.74) is 2.58. The number of aliphatic imine (C=N–C) groups is 1. The zero-order valence-electron chi connectivity index (χ0n) is 16.1. The highest BCUT2D eigenvalue weighted by molar-refractivity contribution is 6.45. The van der Waals surface area contributed by atoms with Crippen molar-refractivity contribution >= 4 is 23.5 Å². The number of nitrogens with zero attached hydrogens (tertiary/aromatic N) is 3. The van der Waals surface area contributed by atoms with Gasteiger partial charge in [-0.1, -0.05) is 23.8 Å². The molecule has 2 aliphatic heterocycles. The van der Waals surface area contributed by atoms with Crippen molar-refractivity contribution in [3.63, 3.8) is 0 Å². The number of hydrazine groups is 1. The van der Waals surface area contributed by atoms with E-state index in [2.05, 4.69) is 25.6 Å². The summed E-state index contributed by atoms with van der Waals surface area (Å²) >= 11 is 0. The van der Waals surface area contributed by atoms with Crippen molar-refractivity contribution in [2.45, 2.75) is 0 Å². The van der Waals surface area contributed by atoms with Gasteiger partial charge in [-0.3, -0.25) is 19.5 Å². The Balaban J connectivity index is 1.73. The number of hydrogen-bond acceptors (Lipinski definition) is 8. The number of hydrogen-bond donors (Lipinski definition) is 2. The maximum absolute atomic E-state index is 12.7. The van der Waals surface area contributed by atoms with Gasteiger partial charge in [-0.15, -0.1) is 0 Å². The summed E-state index contributed by atoms with van der Waals surface area (Å²) in [6.45, 7) is 3.96. The number of benzene rings is 1. The van der Waals surface area contributed by atoms with E-state index in [-0.39, 0.29) is 11.4 Å². The SMILES string of the molecule is CN1NOC(=O)/C1=C\C(=NC(=O)c1ccccc1)C(=O)NCCN1CCOCC1. The van der Waals surface area contributed by atoms with Crippen LogP contribution in [0.5, 0.6) is 0 Å². The number of carbonyl (C=O) groups excluding carboxylic acids is 3. The Kier molecular flexibility index (Phi) is 7.06. The van der Waals surface area contributed by atoms with Gasteiger partial charge in [0.25, 0.3) is 11.8 Å². The van der Waals surface area contributed by atoms with Crippen molar-refractivity contribution in [3.8, 4) is 0 Å². The molecule has 0 radical (unpaired) electrons. The van der Waals surface area contributed by atoms with Crippen molar-refractivity contribution in [2.75, 3.05) is 46.4 Å². The van der Waals surface area contributed by atoms with Crippen LogP contribution in [0.4, 0.5) is 0 Å². The second-order valence-corrected chi connectivity index (χ2v) is 6.45. The Morgan fingerprint density at radius 3 is 2.62 bits per heavy atom. The van der Waals surface area contributed by atoms with E-state index in [1.54, 1.807) is 37.4 Å². The van der Waals surface area contributed by atoms with Crippen molar-refractivity contribution in [2.24, 2.45) is 4.99 Å². The van der Waals surface area contributed by atoms with Crippen LogP contribution in [-0.4, -0.2) is 79.8 Å². The molecular weight excluding hydrogens is 378 g/mol. The lowest BCUT2D eigenvalue weighted by Crippen LogP contribution is -2.42. The van der Waals surface area contributed by atoms with E-state index < -0.39 is 17.8 Å². The summed E-state index contributed by atoms with van der Waals surface area (Å²) in [5, 5.41) is 4.05. The first kappa shape index (κ1) is 20.6. The van der Waals surface area contributed by atoms with Gasteiger partial charge in [0.15, 0.2) is 0 Å². The first-order valence-electron chi connectivity index (χ1n) is 9.23. The second-order valence-electron chi connectivity index (χ2n) is 6.45. The van der Waals surface area contributed by atoms with E-state index in [0.717, 1.165) is 13.1 Å². The monoisotopic (exact) mass is 401 g/mol. The van der Waals surface area contributed by atoms with Gasteiger partial charge >= 0.3 is 5.97 Å². The zero-order valence-corrected chi connectivity index (χ0v) is 16.1. The van der Waals surface area contributed by atoms with Crippen molar-refractivity contribution in [1.82, 2.24) is 20.8 Å². The molecule has 3 rings (SSSR count). The van der Waals surface area contributed by atoms with Gasteiger partial charge in [0.2, 0.25) is 0 Å². The number of likely N-dealkylation sites (N-methyl/N-ethyl adjacent to an activating group) is 1. The van der Waals surface area contributed by atoms with E-state index in [0.29, 0.717) is 31.9 Å². The summed E-state index contributed by atoms with van der Waals surface area (Å²) < 4.78 is 5.30. The molecule has 0 aromatic heterocycles. The molecular formula is C19H23N5O5. The van der Waals surface area contributed by atoms with Crippen LogP contribution in [0.2, 0.25) is 0 Å². The molecule has 0 aliphatic carbocycles. The molecule has 1 aromatic rings. The Labute approximate surface area is 168 Å². The Morgan fingerprint density at radius 1 is 1.24 bits per heavy atom. The van der Waals surface area contributed by atoms with Crippen LogP contribution in [0, 0.1) is 0 Å². The van der Waals surface area contributed by atoms with Crippen LogP contribution in [-0.2, 0) is 19.2 Å². The Hall–Kier alpha value is -3.08. The van der Waals surface area contributed by atoms with Gasteiger partial charge in [0, 0.05) is 44.9 Å². The van der Waals surface area contributed by atoms with Gasteiger partial charge in [0.05, 0.1) is 13.2 Å². The van der Waals surface area contributed by atoms with Crippen LogP contribution in [0.15, 0.2) is 47.1 Å². The highest BCUT2D eigenvalue weighted by atomic mass is 16.7. The quantitative estimate of drug-likeness (QED) is 0.485. The molecule has 0 saturated carbocycles. The number of carbonyl (C=O) groups is 3. The van der Waals surface area contributed by atoms with Gasteiger partial charge in [-0.05, 0) is 12.1 Å². The highest BCUT2D eigenvalue weighted by Gasteiger charge is 2.26. The van der Waals surface area contributed by atoms with E-state index in [4.69, 9.17) is 4.74 Å². The molecule has 29 heavy (non-hydrogen) atoms. The maximum Gasteiger partial charge on any atom is 0.376 e. The third-order valence-electron chi connectivity index (χ3n) is 4.41. The first-order valence-corrected chi connectivity index (χ1v) is 9.23. The third kappa shape index (κ3) is 5.70. The molecule has 0 bridgehead atoms. The molecule has 2 N–H and O–H groups in total. The molecule has 0 atom stereocenters. The summed E-state index contributed by atoms with van der Waals surface area (Å²) in [5.74, 6) is -1.81. The van der Waals surface area contributed by atoms with Gasteiger partial charge in [-0.2, -0.15) is 0 Å². The average molecular weight is 401 g/mol. The predicted octanol–water partition coefficient (Wildman–Crippen LogP) is -0.492. The summed E-state index contributed by atoms with van der Waals surface area (Å²) in [7, 11) is 1.55. The smallest absolute Gasteiger partial charge is 0.376 e. The average Bonchev–Trinajstić information content (AvgIpc) is 3.06. The van der Waals surface area contributed by atoms with E-state index in [9.17, 15) is 14.4 Å². The number of rotatable bonds is 6. The fraction of sp³-hybridized carbons (Fsp3) is 0.368. The van der Waals surface area contributed by atoms with Crippen LogP contribution in [0.25, 0.3) is 0 Å². The summed E-state index contributed by atoms with van der Waals surface area (Å²) in [6.07, 6.45) is 1.23. The second kappa shape index (κ2) is 9.92. The van der Waals surface area contributed by atoms with Crippen LogP contribution in [0.1, 0.15) is 10.4 Å². The number of nitrogens with one attached hydrogen (secondary N) is 2. The minimum Gasteiger partial charge on any atom is -0.379 e. The number of amides is 2. The molecule has 10 nitrogen and oxygen atoms in total. The van der Waals surface area contributed by atoms with Gasteiger partial charge in [-0.25, -0.2) is 9.79 Å². The first-order chi connectivity index (χ1) is 14.0. The molecule has 2 fully saturated rings. The van der Waals surface area contributed by atoms with Crippen molar-refractivity contribution < 1.29 is 24.0 Å². The number of ether oxygens (including phenoxy) is 1. The molecule has 10 heteroatoms. The fourth-order valence-electron chi connectivity index (χ4n) is 2.78. The zero-order chi connectivity index (χ0) is 20.6. The molecule has 2 amide bonds. The lowest BCUT2D eigenvalue weighted by Gasteiger charge is -2.26. The van der Waals surface area contributed by atoms with Gasteiger partial charge in [0.1, 0.15) is 11.4 Å². The maximum atomic E-state index is 12.7. The largest absolute Gasteiger partial charge is 0.379 e. The third-order valence-corrected chi connectivity index (χ3v) is 4.41. The standard InChI is InChI=1S/C19H23N5O5/c1-23-16(19(27)29-22-23)13-15(21-17(25)14-5-3-2-4-6-14)18(26)20-7-8-24-9-11-28-12-10-24/h2-6,13,22H,7-12H2,1H3,(H,20,26)/b16-13+,21-15?. The lowest BCUT2D eigenvalue weighted by molar-refractivity contribution is -0.142. The minimum atomic E-state index is -0.673. The summed E-state index contributed by atoms with van der Waals surface area (Å²) in [4.78, 5) is 47.8. The van der Waals surface area contributed by atoms with Gasteiger partial charge < -0.3 is 14.9 Å². The minimum absolute atomic E-state index is 0.0629. The number of morpholine rings is 1. The topological polar surface area (TPSA) is 113 Å². The normalized spacial score (nSPS) is 19.3. The van der Waals surface area contributed by atoms with E-state index in [1.165, 1.54) is 11.1 Å². The van der Waals surface area contributed by atoms with Crippen molar-refractivity contribution in [1.29, 1.82) is 0 Å². The predicted molar refractivity (Wildman–Crippen MR) is 104 cm³/mol. The van der Waals surface area contributed by atoms with Crippen LogP contribution < -0.4 is 10.9 Å². The highest BCUT2D eigenvalue weighted by Crippen LogP contribution is 2.09. The lowest BCUT2D eigenvalue weighted by atomic mass is 10.2. The van der Waals surface area contributed by atoms with Crippen LogP contribution >= 0.6 is 0 Å². The van der Waals surface area contributed by atoms with E-state index in [1.807, 2.05) is 0 Å². The molecule has 2 aliphatic rings. The summed E-state index contributed by atoms with van der Waals surface area (Å²) in [6, 6.07) is 8.39. The molecule has 0 spiro atoms. The molecule has 154 valence electrons. The Bertz CT molecular complexity index is 818. The fourth-order valence-corrected chi connectivity index (χ4v) is 2.78. The molecule has 2 heterocycles. The molecule has 2 saturated heterocycles. The van der Waals surface area contributed by atoms with Crippen LogP contribution in [0.3, 0.4) is 0 Å². The van der Waals surface area contributed by atoms with Crippen molar-refractivity contribution in [3.05, 3.63) is 47.7 Å². The molecule has 0 unspecified atom stereocenters. The molecule has 1 aromatic carbocycles. The van der Waals surface area contributed by atoms with E-state index >= 15 is 0 Å². The Morgan fingerprint density at radius 2 is 1.97 bits per heavy atom.